The molecular formula is C9H19N3O3. The summed E-state index contributed by atoms with van der Waals surface area (Å²) in [6.07, 6.45) is 0.575. The minimum absolute atomic E-state index is 0.0971. The van der Waals surface area contributed by atoms with E-state index in [0.29, 0.717) is 32.7 Å². The van der Waals surface area contributed by atoms with Crippen molar-refractivity contribution in [2.24, 2.45) is 5.73 Å². The molecule has 0 aliphatic carbocycles. The average molecular weight is 217 g/mol. The number of amides is 2. The number of hydrogen-bond donors (Lipinski definition) is 3. The summed E-state index contributed by atoms with van der Waals surface area (Å²) in [7, 11) is 1.57. The molecule has 0 fully saturated rings. The van der Waals surface area contributed by atoms with Gasteiger partial charge in [0.1, 0.15) is 0 Å². The van der Waals surface area contributed by atoms with E-state index >= 15 is 0 Å². The van der Waals surface area contributed by atoms with E-state index in [1.54, 1.807) is 7.11 Å². The number of nitrogens with one attached hydrogen (secondary N) is 2. The highest BCUT2D eigenvalue weighted by atomic mass is 16.5. The van der Waals surface area contributed by atoms with Crippen molar-refractivity contribution in [3.63, 3.8) is 0 Å². The summed E-state index contributed by atoms with van der Waals surface area (Å²) in [5.74, 6) is -0.220. The van der Waals surface area contributed by atoms with Gasteiger partial charge < -0.3 is 21.1 Å². The summed E-state index contributed by atoms with van der Waals surface area (Å²) in [6.45, 7) is 1.65. The molecule has 0 heterocycles. The average Bonchev–Trinajstić information content (AvgIpc) is 2.18. The van der Waals surface area contributed by atoms with Gasteiger partial charge in [0, 0.05) is 39.6 Å². The van der Waals surface area contributed by atoms with Gasteiger partial charge in [-0.3, -0.25) is 9.59 Å². The van der Waals surface area contributed by atoms with Gasteiger partial charge in [0.05, 0.1) is 6.61 Å². The van der Waals surface area contributed by atoms with Crippen LogP contribution in [0.2, 0.25) is 0 Å². The van der Waals surface area contributed by atoms with Crippen LogP contribution in [0.5, 0.6) is 0 Å². The van der Waals surface area contributed by atoms with E-state index < -0.39 is 0 Å². The van der Waals surface area contributed by atoms with Gasteiger partial charge in [0.25, 0.3) is 0 Å². The van der Waals surface area contributed by atoms with Gasteiger partial charge in [-0.1, -0.05) is 0 Å². The molecule has 0 radical (unpaired) electrons. The molecule has 0 aromatic rings. The normalized spacial score (nSPS) is 9.73. The molecule has 0 saturated heterocycles. The van der Waals surface area contributed by atoms with Gasteiger partial charge in [-0.05, 0) is 0 Å². The lowest BCUT2D eigenvalue weighted by Gasteiger charge is -2.05. The van der Waals surface area contributed by atoms with Gasteiger partial charge in [-0.2, -0.15) is 0 Å². The van der Waals surface area contributed by atoms with Crippen LogP contribution in [0.25, 0.3) is 0 Å². The van der Waals surface area contributed by atoms with Crippen molar-refractivity contribution in [2.45, 2.75) is 12.8 Å². The maximum Gasteiger partial charge on any atom is 0.221 e. The van der Waals surface area contributed by atoms with Crippen LogP contribution in [-0.2, 0) is 14.3 Å². The smallest absolute Gasteiger partial charge is 0.221 e. The van der Waals surface area contributed by atoms with Gasteiger partial charge in [-0.25, -0.2) is 0 Å². The Hall–Kier alpha value is -1.14. The number of nitrogens with two attached hydrogens (primary N) is 1. The summed E-state index contributed by atoms with van der Waals surface area (Å²) in [4.78, 5) is 22.1. The standard InChI is InChI=1S/C9H19N3O3/c1-15-7-6-12-9(14)3-5-11-8(13)2-4-10/h2-7,10H2,1H3,(H,11,13)(H,12,14). The lowest BCUT2D eigenvalue weighted by atomic mass is 10.3. The molecule has 6 nitrogen and oxygen atoms in total. The lowest BCUT2D eigenvalue weighted by molar-refractivity contribution is -0.122. The predicted octanol–water partition coefficient (Wildman–Crippen LogP) is -1.40. The topological polar surface area (TPSA) is 93.5 Å². The van der Waals surface area contributed by atoms with Crippen LogP contribution in [0.1, 0.15) is 12.8 Å². The molecule has 0 saturated carbocycles. The van der Waals surface area contributed by atoms with E-state index in [4.69, 9.17) is 10.5 Å². The fourth-order valence-electron chi connectivity index (χ4n) is 0.916. The van der Waals surface area contributed by atoms with Crippen LogP contribution in [-0.4, -0.2) is 45.2 Å². The number of carbonyl (C=O) groups excluding carboxylic acids is 2. The van der Waals surface area contributed by atoms with E-state index in [1.165, 1.54) is 0 Å². The van der Waals surface area contributed by atoms with E-state index in [9.17, 15) is 9.59 Å². The zero-order valence-electron chi connectivity index (χ0n) is 9.04. The summed E-state index contributed by atoms with van der Waals surface area (Å²) in [5, 5.41) is 5.24. The van der Waals surface area contributed by atoms with Crippen molar-refractivity contribution >= 4 is 11.8 Å². The first-order valence-corrected chi connectivity index (χ1v) is 4.93. The Labute approximate surface area is 89.5 Å². The first kappa shape index (κ1) is 13.9. The first-order valence-electron chi connectivity index (χ1n) is 4.93. The van der Waals surface area contributed by atoms with Crippen molar-refractivity contribution in [3.8, 4) is 0 Å². The molecular weight excluding hydrogens is 198 g/mol. The van der Waals surface area contributed by atoms with Crippen LogP contribution in [0.3, 0.4) is 0 Å². The molecule has 0 unspecified atom stereocenters. The molecule has 0 aromatic carbocycles. The van der Waals surface area contributed by atoms with Crippen molar-refractivity contribution in [1.29, 1.82) is 0 Å². The monoisotopic (exact) mass is 217 g/mol. The number of ether oxygens (including phenoxy) is 1. The van der Waals surface area contributed by atoms with E-state index in [2.05, 4.69) is 10.6 Å². The third kappa shape index (κ3) is 9.17. The largest absolute Gasteiger partial charge is 0.383 e. The molecule has 4 N–H and O–H groups in total. The Balaban J connectivity index is 3.34. The van der Waals surface area contributed by atoms with E-state index in [1.807, 2.05) is 0 Å². The molecule has 0 rings (SSSR count). The molecule has 0 aliphatic rings. The quantitative estimate of drug-likeness (QED) is 0.436. The summed E-state index contributed by atoms with van der Waals surface area (Å²) in [5.41, 5.74) is 5.19. The molecule has 0 spiro atoms. The van der Waals surface area contributed by atoms with Crippen LogP contribution in [0.15, 0.2) is 0 Å². The second-order valence-corrected chi connectivity index (χ2v) is 2.98. The third-order valence-corrected chi connectivity index (χ3v) is 1.67. The molecule has 0 aromatic heterocycles. The molecule has 0 bridgehead atoms. The van der Waals surface area contributed by atoms with E-state index in [0.717, 1.165) is 0 Å². The second kappa shape index (κ2) is 9.42. The summed E-state index contributed by atoms with van der Waals surface area (Å²) < 4.78 is 4.77. The van der Waals surface area contributed by atoms with Crippen LogP contribution in [0.4, 0.5) is 0 Å². The number of methoxy groups -OCH3 is 1. The fourth-order valence-corrected chi connectivity index (χ4v) is 0.916. The van der Waals surface area contributed by atoms with Gasteiger partial charge in [-0.15, -0.1) is 0 Å². The Morgan fingerprint density at radius 2 is 1.73 bits per heavy atom. The second-order valence-electron chi connectivity index (χ2n) is 2.98. The number of carbonyl (C=O) groups is 2. The summed E-state index contributed by atoms with van der Waals surface area (Å²) in [6, 6.07) is 0. The van der Waals surface area contributed by atoms with Crippen LogP contribution in [0, 0.1) is 0 Å². The molecule has 2 amide bonds. The van der Waals surface area contributed by atoms with Crippen molar-refractivity contribution < 1.29 is 14.3 Å². The molecule has 0 aliphatic heterocycles. The molecule has 0 atom stereocenters. The zero-order valence-corrected chi connectivity index (χ0v) is 9.04. The van der Waals surface area contributed by atoms with Gasteiger partial charge in [0.2, 0.25) is 11.8 Å². The maximum absolute atomic E-state index is 11.1. The minimum Gasteiger partial charge on any atom is -0.383 e. The van der Waals surface area contributed by atoms with Crippen LogP contribution < -0.4 is 16.4 Å². The van der Waals surface area contributed by atoms with Crippen molar-refractivity contribution in [2.75, 3.05) is 33.4 Å². The third-order valence-electron chi connectivity index (χ3n) is 1.67. The minimum atomic E-state index is -0.123. The van der Waals surface area contributed by atoms with E-state index in [-0.39, 0.29) is 18.2 Å². The Bertz CT molecular complexity index is 197. The molecule has 6 heteroatoms. The number of hydrogen-bond acceptors (Lipinski definition) is 4. The Morgan fingerprint density at radius 1 is 1.13 bits per heavy atom. The number of rotatable bonds is 8. The Morgan fingerprint density at radius 3 is 2.33 bits per heavy atom. The molecule has 15 heavy (non-hydrogen) atoms. The predicted molar refractivity (Wildman–Crippen MR) is 56.2 cm³/mol. The zero-order chi connectivity index (χ0) is 11.5. The van der Waals surface area contributed by atoms with Gasteiger partial charge >= 0.3 is 0 Å². The van der Waals surface area contributed by atoms with Gasteiger partial charge in [0.15, 0.2) is 0 Å². The highest BCUT2D eigenvalue weighted by molar-refractivity contribution is 5.78. The SMILES string of the molecule is COCCNC(=O)CCNC(=O)CCN. The fraction of sp³-hybridized carbons (Fsp3) is 0.778. The maximum atomic E-state index is 11.1. The lowest BCUT2D eigenvalue weighted by Crippen LogP contribution is -2.32. The molecule has 88 valence electrons. The summed E-state index contributed by atoms with van der Waals surface area (Å²) >= 11 is 0. The first-order chi connectivity index (χ1) is 7.20. The van der Waals surface area contributed by atoms with Crippen molar-refractivity contribution in [3.05, 3.63) is 0 Å². The highest BCUT2D eigenvalue weighted by Crippen LogP contribution is 1.80. The highest BCUT2D eigenvalue weighted by Gasteiger charge is 2.02. The Kier molecular flexibility index (Phi) is 8.70. The van der Waals surface area contributed by atoms with Crippen LogP contribution >= 0.6 is 0 Å². The van der Waals surface area contributed by atoms with Crippen molar-refractivity contribution in [1.82, 2.24) is 10.6 Å².